The molecule has 5 heteroatoms. The first kappa shape index (κ1) is 15.5. The number of H-pyrrole nitrogens is 1. The maximum absolute atomic E-state index is 12.4. The van der Waals surface area contributed by atoms with Crippen LogP contribution in [0.1, 0.15) is 37.3 Å². The summed E-state index contributed by atoms with van der Waals surface area (Å²) < 4.78 is 0. The van der Waals surface area contributed by atoms with Gasteiger partial charge in [-0.05, 0) is 43.9 Å². The van der Waals surface area contributed by atoms with Gasteiger partial charge < -0.3 is 20.5 Å². The van der Waals surface area contributed by atoms with Crippen LogP contribution < -0.4 is 10.6 Å². The summed E-state index contributed by atoms with van der Waals surface area (Å²) in [7, 11) is 0. The van der Waals surface area contributed by atoms with E-state index in [4.69, 9.17) is 0 Å². The van der Waals surface area contributed by atoms with Gasteiger partial charge in [0.05, 0.1) is 0 Å². The molecule has 1 aromatic carbocycles. The highest BCUT2D eigenvalue weighted by molar-refractivity contribution is 5.88. The van der Waals surface area contributed by atoms with E-state index in [9.17, 15) is 4.79 Å². The Hall–Kier alpha value is -2.01. The Morgan fingerprint density at radius 2 is 2.17 bits per heavy atom. The largest absolute Gasteiger partial charge is 0.361 e. The number of fused-ring (bicyclic) bond motifs is 2. The van der Waals surface area contributed by atoms with Crippen LogP contribution >= 0.6 is 0 Å². The van der Waals surface area contributed by atoms with E-state index in [1.165, 1.54) is 22.0 Å². The van der Waals surface area contributed by atoms with E-state index >= 15 is 0 Å². The van der Waals surface area contributed by atoms with E-state index in [0.717, 1.165) is 32.5 Å². The Kier molecular flexibility index (Phi) is 3.96. The number of amides is 2. The number of carbonyl (C=O) groups excluding carboxylic acids is 1. The molecule has 3 atom stereocenters. The van der Waals surface area contributed by atoms with Gasteiger partial charge in [0.15, 0.2) is 0 Å². The number of hydrogen-bond acceptors (Lipinski definition) is 2. The van der Waals surface area contributed by atoms with Gasteiger partial charge in [-0.1, -0.05) is 12.1 Å². The third-order valence-corrected chi connectivity index (χ3v) is 5.69. The zero-order valence-electron chi connectivity index (χ0n) is 14.4. The van der Waals surface area contributed by atoms with Crippen molar-refractivity contribution in [2.24, 2.45) is 0 Å². The summed E-state index contributed by atoms with van der Waals surface area (Å²) in [4.78, 5) is 17.6. The molecule has 0 spiro atoms. The first-order chi connectivity index (χ1) is 11.7. The minimum atomic E-state index is 0.0570. The zero-order chi connectivity index (χ0) is 16.7. The van der Waals surface area contributed by atoms with E-state index in [1.807, 2.05) is 18.7 Å². The number of nitrogens with one attached hydrogen (secondary N) is 3. The summed E-state index contributed by atoms with van der Waals surface area (Å²) in [5, 5.41) is 8.30. The first-order valence-corrected chi connectivity index (χ1v) is 9.09. The lowest BCUT2D eigenvalue weighted by atomic mass is 9.75. The lowest BCUT2D eigenvalue weighted by Gasteiger charge is -2.41. The molecule has 2 aliphatic rings. The van der Waals surface area contributed by atoms with Crippen LogP contribution in [0.2, 0.25) is 0 Å². The maximum Gasteiger partial charge on any atom is 0.317 e. The molecule has 1 aromatic heterocycles. The van der Waals surface area contributed by atoms with Crippen LogP contribution in [0.5, 0.6) is 0 Å². The summed E-state index contributed by atoms with van der Waals surface area (Å²) in [6, 6.07) is 7.27. The van der Waals surface area contributed by atoms with Crippen LogP contribution in [-0.2, 0) is 6.42 Å². The molecule has 1 aliphatic heterocycles. The smallest absolute Gasteiger partial charge is 0.317 e. The van der Waals surface area contributed by atoms with Crippen LogP contribution in [0.4, 0.5) is 4.79 Å². The topological polar surface area (TPSA) is 60.2 Å². The van der Waals surface area contributed by atoms with Gasteiger partial charge in [-0.3, -0.25) is 0 Å². The van der Waals surface area contributed by atoms with Crippen molar-refractivity contribution in [2.45, 2.75) is 44.7 Å². The van der Waals surface area contributed by atoms with Crippen LogP contribution in [0.3, 0.4) is 0 Å². The van der Waals surface area contributed by atoms with Crippen LogP contribution in [0.25, 0.3) is 10.9 Å². The minimum Gasteiger partial charge on any atom is -0.361 e. The highest BCUT2D eigenvalue weighted by atomic mass is 16.2. The lowest BCUT2D eigenvalue weighted by Crippen LogP contribution is -2.56. The number of carbonyl (C=O) groups is 1. The van der Waals surface area contributed by atoms with Crippen molar-refractivity contribution in [3.63, 3.8) is 0 Å². The Morgan fingerprint density at radius 1 is 1.33 bits per heavy atom. The summed E-state index contributed by atoms with van der Waals surface area (Å²) in [5.41, 5.74) is 4.07. The molecule has 0 bridgehead atoms. The van der Waals surface area contributed by atoms with E-state index in [2.05, 4.69) is 40.0 Å². The SMILES string of the molecule is CCN(CC)C(=O)N[C@@H]1CN[C@@H]2Cc3c[nH]c4cccc(c34)[C@H]2C1. The summed E-state index contributed by atoms with van der Waals surface area (Å²) in [6.07, 6.45) is 4.23. The normalized spacial score (nSPS) is 25.3. The molecular formula is C19H26N4O. The molecule has 128 valence electrons. The second-order valence-electron chi connectivity index (χ2n) is 6.96. The molecule has 5 nitrogen and oxygen atoms in total. The van der Waals surface area contributed by atoms with E-state index < -0.39 is 0 Å². The fourth-order valence-corrected chi connectivity index (χ4v) is 4.43. The van der Waals surface area contributed by atoms with E-state index in [1.54, 1.807) is 0 Å². The van der Waals surface area contributed by atoms with Crippen molar-refractivity contribution in [3.8, 4) is 0 Å². The van der Waals surface area contributed by atoms with Gasteiger partial charge in [-0.25, -0.2) is 4.79 Å². The van der Waals surface area contributed by atoms with Crippen LogP contribution in [-0.4, -0.2) is 47.6 Å². The quantitative estimate of drug-likeness (QED) is 0.812. The molecule has 2 amide bonds. The Labute approximate surface area is 142 Å². The van der Waals surface area contributed by atoms with E-state index in [-0.39, 0.29) is 12.1 Å². The minimum absolute atomic E-state index is 0.0570. The van der Waals surface area contributed by atoms with Crippen molar-refractivity contribution in [1.29, 1.82) is 0 Å². The Morgan fingerprint density at radius 3 is 2.96 bits per heavy atom. The number of aromatic nitrogens is 1. The fourth-order valence-electron chi connectivity index (χ4n) is 4.43. The number of benzene rings is 1. The molecular weight excluding hydrogens is 300 g/mol. The molecule has 1 fully saturated rings. The highest BCUT2D eigenvalue weighted by Gasteiger charge is 2.36. The number of nitrogens with zero attached hydrogens (tertiary/aromatic N) is 1. The maximum atomic E-state index is 12.4. The van der Waals surface area contributed by atoms with Crippen molar-refractivity contribution in [3.05, 3.63) is 35.5 Å². The van der Waals surface area contributed by atoms with Crippen molar-refractivity contribution in [1.82, 2.24) is 20.5 Å². The number of piperidine rings is 1. The summed E-state index contributed by atoms with van der Waals surface area (Å²) in [6.45, 7) is 6.39. The van der Waals surface area contributed by atoms with Crippen LogP contribution in [0, 0.1) is 0 Å². The first-order valence-electron chi connectivity index (χ1n) is 9.09. The second-order valence-corrected chi connectivity index (χ2v) is 6.96. The average Bonchev–Trinajstić information content (AvgIpc) is 3.01. The van der Waals surface area contributed by atoms with Gasteiger partial charge in [0.2, 0.25) is 0 Å². The van der Waals surface area contributed by atoms with Gasteiger partial charge >= 0.3 is 6.03 Å². The number of aromatic amines is 1. The standard InChI is InChI=1S/C19H26N4O/c1-3-23(4-2)19(24)22-13-9-15-14-6-5-7-16-18(14)12(10-20-16)8-17(15)21-11-13/h5-7,10,13,15,17,20-21H,3-4,8-9,11H2,1-2H3,(H,22,24)/t13-,15+,17+/m0/s1. The average molecular weight is 326 g/mol. The second kappa shape index (κ2) is 6.13. The molecule has 3 N–H and O–H groups in total. The monoisotopic (exact) mass is 326 g/mol. The summed E-state index contributed by atoms with van der Waals surface area (Å²) in [5.74, 6) is 0.466. The predicted octanol–water partition coefficient (Wildman–Crippen LogP) is 2.59. The third kappa shape index (κ3) is 2.47. The number of rotatable bonds is 3. The van der Waals surface area contributed by atoms with Gasteiger partial charge in [-0.2, -0.15) is 0 Å². The molecule has 1 saturated heterocycles. The molecule has 4 rings (SSSR count). The third-order valence-electron chi connectivity index (χ3n) is 5.69. The highest BCUT2D eigenvalue weighted by Crippen LogP contribution is 2.40. The van der Waals surface area contributed by atoms with E-state index in [0.29, 0.717) is 12.0 Å². The van der Waals surface area contributed by atoms with Gasteiger partial charge in [-0.15, -0.1) is 0 Å². The summed E-state index contributed by atoms with van der Waals surface area (Å²) >= 11 is 0. The molecule has 2 heterocycles. The molecule has 24 heavy (non-hydrogen) atoms. The lowest BCUT2D eigenvalue weighted by molar-refractivity contribution is 0.191. The zero-order valence-corrected chi connectivity index (χ0v) is 14.4. The molecule has 0 saturated carbocycles. The van der Waals surface area contributed by atoms with Crippen molar-refractivity contribution in [2.75, 3.05) is 19.6 Å². The van der Waals surface area contributed by atoms with Crippen molar-refractivity contribution >= 4 is 16.9 Å². The fraction of sp³-hybridized carbons (Fsp3) is 0.526. The van der Waals surface area contributed by atoms with Gasteiger partial charge in [0, 0.05) is 54.7 Å². The van der Waals surface area contributed by atoms with Crippen LogP contribution in [0.15, 0.2) is 24.4 Å². The number of hydrogen-bond donors (Lipinski definition) is 3. The Bertz CT molecular complexity index is 749. The van der Waals surface area contributed by atoms with Crippen molar-refractivity contribution < 1.29 is 4.79 Å². The molecule has 0 unspecified atom stereocenters. The molecule has 1 aliphatic carbocycles. The predicted molar refractivity (Wildman–Crippen MR) is 96.4 cm³/mol. The number of urea groups is 1. The molecule has 2 aromatic rings. The van der Waals surface area contributed by atoms with Gasteiger partial charge in [0.25, 0.3) is 0 Å². The molecule has 0 radical (unpaired) electrons. The van der Waals surface area contributed by atoms with Gasteiger partial charge in [0.1, 0.15) is 0 Å². The Balaban J connectivity index is 1.55.